The van der Waals surface area contributed by atoms with Crippen LogP contribution in [-0.4, -0.2) is 30.1 Å². The van der Waals surface area contributed by atoms with E-state index in [0.29, 0.717) is 13.2 Å². The third kappa shape index (κ3) is 3.96. The first-order valence-electron chi connectivity index (χ1n) is 7.80. The van der Waals surface area contributed by atoms with Gasteiger partial charge in [-0.25, -0.2) is 4.98 Å². The topological polar surface area (TPSA) is 77.2 Å². The SMILES string of the molecule is Cc1nc(-c2cccc(NC(=O)C(N)C3CCOCC3)c2)cs1. The number of carbonyl (C=O) groups excluding carboxylic acids is 1. The van der Waals surface area contributed by atoms with Crippen LogP contribution in [0, 0.1) is 12.8 Å². The number of thiazole rings is 1. The van der Waals surface area contributed by atoms with Crippen LogP contribution in [-0.2, 0) is 9.53 Å². The number of nitrogens with zero attached hydrogens (tertiary/aromatic N) is 1. The molecule has 2 heterocycles. The fourth-order valence-corrected chi connectivity index (χ4v) is 3.39. The summed E-state index contributed by atoms with van der Waals surface area (Å²) >= 11 is 1.61. The molecule has 0 aliphatic carbocycles. The maximum Gasteiger partial charge on any atom is 0.241 e. The number of rotatable bonds is 4. The van der Waals surface area contributed by atoms with Crippen molar-refractivity contribution in [2.24, 2.45) is 11.7 Å². The highest BCUT2D eigenvalue weighted by molar-refractivity contribution is 7.09. The van der Waals surface area contributed by atoms with E-state index in [0.717, 1.165) is 34.8 Å². The highest BCUT2D eigenvalue weighted by Gasteiger charge is 2.26. The van der Waals surface area contributed by atoms with Crippen LogP contribution in [0.1, 0.15) is 17.8 Å². The Hall–Kier alpha value is -1.76. The van der Waals surface area contributed by atoms with Gasteiger partial charge in [0, 0.05) is 29.8 Å². The molecule has 1 aromatic heterocycles. The maximum absolute atomic E-state index is 12.4. The fourth-order valence-electron chi connectivity index (χ4n) is 2.77. The molecule has 122 valence electrons. The molecule has 0 saturated carbocycles. The van der Waals surface area contributed by atoms with Crippen molar-refractivity contribution in [1.29, 1.82) is 0 Å². The number of nitrogens with two attached hydrogens (primary N) is 1. The lowest BCUT2D eigenvalue weighted by molar-refractivity contribution is -0.119. The van der Waals surface area contributed by atoms with Crippen molar-refractivity contribution in [3.05, 3.63) is 34.7 Å². The average Bonchev–Trinajstić information content (AvgIpc) is 3.02. The molecule has 5 nitrogen and oxygen atoms in total. The van der Waals surface area contributed by atoms with Gasteiger partial charge in [-0.05, 0) is 37.8 Å². The minimum Gasteiger partial charge on any atom is -0.381 e. The normalized spacial score (nSPS) is 17.0. The van der Waals surface area contributed by atoms with Gasteiger partial charge in [0.1, 0.15) is 0 Å². The van der Waals surface area contributed by atoms with Crippen LogP contribution in [0.25, 0.3) is 11.3 Å². The third-order valence-electron chi connectivity index (χ3n) is 4.12. The summed E-state index contributed by atoms with van der Waals surface area (Å²) in [4.78, 5) is 16.9. The van der Waals surface area contributed by atoms with Crippen LogP contribution in [0.15, 0.2) is 29.6 Å². The molecule has 0 spiro atoms. The van der Waals surface area contributed by atoms with Gasteiger partial charge in [-0.3, -0.25) is 4.79 Å². The lowest BCUT2D eigenvalue weighted by atomic mass is 9.92. The molecule has 1 unspecified atom stereocenters. The number of benzene rings is 1. The van der Waals surface area contributed by atoms with E-state index in [1.54, 1.807) is 11.3 Å². The summed E-state index contributed by atoms with van der Waals surface area (Å²) in [6, 6.07) is 7.21. The number of ether oxygens (including phenoxy) is 1. The second-order valence-electron chi connectivity index (χ2n) is 5.80. The van der Waals surface area contributed by atoms with E-state index in [-0.39, 0.29) is 11.8 Å². The van der Waals surface area contributed by atoms with Gasteiger partial charge in [-0.2, -0.15) is 0 Å². The molecule has 1 atom stereocenters. The Balaban J connectivity index is 1.68. The highest BCUT2D eigenvalue weighted by Crippen LogP contribution is 2.25. The number of aryl methyl sites for hydroxylation is 1. The summed E-state index contributed by atoms with van der Waals surface area (Å²) in [5.74, 6) is 0.0524. The molecule has 1 amide bonds. The molecule has 23 heavy (non-hydrogen) atoms. The number of carbonyl (C=O) groups is 1. The van der Waals surface area contributed by atoms with Crippen molar-refractivity contribution in [2.75, 3.05) is 18.5 Å². The molecular formula is C17H21N3O2S. The molecule has 2 aromatic rings. The van der Waals surface area contributed by atoms with E-state index in [1.807, 2.05) is 36.6 Å². The van der Waals surface area contributed by atoms with Gasteiger partial charge in [-0.15, -0.1) is 11.3 Å². The largest absolute Gasteiger partial charge is 0.381 e. The van der Waals surface area contributed by atoms with E-state index in [9.17, 15) is 4.79 Å². The van der Waals surface area contributed by atoms with Gasteiger partial charge in [0.05, 0.1) is 16.7 Å². The van der Waals surface area contributed by atoms with Crippen LogP contribution in [0.4, 0.5) is 5.69 Å². The lowest BCUT2D eigenvalue weighted by Crippen LogP contribution is -2.44. The monoisotopic (exact) mass is 331 g/mol. The number of amides is 1. The summed E-state index contributed by atoms with van der Waals surface area (Å²) in [6.07, 6.45) is 1.68. The van der Waals surface area contributed by atoms with Gasteiger partial charge < -0.3 is 15.8 Å². The first-order valence-corrected chi connectivity index (χ1v) is 8.68. The molecular weight excluding hydrogens is 310 g/mol. The van der Waals surface area contributed by atoms with Crippen LogP contribution in [0.2, 0.25) is 0 Å². The quantitative estimate of drug-likeness (QED) is 0.903. The zero-order valence-corrected chi connectivity index (χ0v) is 13.9. The van der Waals surface area contributed by atoms with E-state index in [4.69, 9.17) is 10.5 Å². The van der Waals surface area contributed by atoms with Gasteiger partial charge in [0.15, 0.2) is 0 Å². The minimum atomic E-state index is -0.496. The Kier molecular flexibility index (Phi) is 5.05. The molecule has 1 saturated heterocycles. The second kappa shape index (κ2) is 7.21. The van der Waals surface area contributed by atoms with Crippen molar-refractivity contribution in [1.82, 2.24) is 4.98 Å². The Morgan fingerprint density at radius 3 is 2.91 bits per heavy atom. The molecule has 1 aliphatic rings. The number of anilines is 1. The summed E-state index contributed by atoms with van der Waals surface area (Å²) < 4.78 is 5.32. The second-order valence-corrected chi connectivity index (χ2v) is 6.86. The van der Waals surface area contributed by atoms with Gasteiger partial charge >= 0.3 is 0 Å². The molecule has 1 aliphatic heterocycles. The number of hydrogen-bond acceptors (Lipinski definition) is 5. The van der Waals surface area contributed by atoms with E-state index in [1.165, 1.54) is 0 Å². The third-order valence-corrected chi connectivity index (χ3v) is 4.89. The standard InChI is InChI=1S/C17H21N3O2S/c1-11-19-15(10-23-11)13-3-2-4-14(9-13)20-17(21)16(18)12-5-7-22-8-6-12/h2-4,9-10,12,16H,5-8,18H2,1H3,(H,20,21). The van der Waals surface area contributed by atoms with Crippen molar-refractivity contribution in [3.8, 4) is 11.3 Å². The Bertz CT molecular complexity index is 680. The van der Waals surface area contributed by atoms with E-state index < -0.39 is 6.04 Å². The molecule has 1 fully saturated rings. The summed E-state index contributed by atoms with van der Waals surface area (Å²) in [7, 11) is 0. The van der Waals surface area contributed by atoms with Crippen LogP contribution in [0.3, 0.4) is 0 Å². The first-order chi connectivity index (χ1) is 11.1. The Morgan fingerprint density at radius 1 is 1.43 bits per heavy atom. The molecule has 0 bridgehead atoms. The smallest absolute Gasteiger partial charge is 0.241 e. The Labute approximate surface area is 139 Å². The fraction of sp³-hybridized carbons (Fsp3) is 0.412. The summed E-state index contributed by atoms with van der Waals surface area (Å²) in [6.45, 7) is 3.35. The minimum absolute atomic E-state index is 0.136. The van der Waals surface area contributed by atoms with Gasteiger partial charge in [0.2, 0.25) is 5.91 Å². The van der Waals surface area contributed by atoms with Crippen molar-refractivity contribution in [2.45, 2.75) is 25.8 Å². The summed E-state index contributed by atoms with van der Waals surface area (Å²) in [5.41, 5.74) is 8.79. The van der Waals surface area contributed by atoms with Crippen LogP contribution >= 0.6 is 11.3 Å². The number of aromatic nitrogens is 1. The van der Waals surface area contributed by atoms with E-state index >= 15 is 0 Å². The predicted molar refractivity (Wildman–Crippen MR) is 92.4 cm³/mol. The van der Waals surface area contributed by atoms with E-state index in [2.05, 4.69) is 10.3 Å². The number of hydrogen-bond donors (Lipinski definition) is 2. The zero-order chi connectivity index (χ0) is 16.2. The zero-order valence-electron chi connectivity index (χ0n) is 13.1. The Morgan fingerprint density at radius 2 is 2.22 bits per heavy atom. The van der Waals surface area contributed by atoms with Gasteiger partial charge in [-0.1, -0.05) is 12.1 Å². The predicted octanol–water partition coefficient (Wildman–Crippen LogP) is 2.81. The molecule has 3 rings (SSSR count). The molecule has 1 aromatic carbocycles. The summed E-state index contributed by atoms with van der Waals surface area (Å²) in [5, 5.41) is 5.97. The van der Waals surface area contributed by atoms with Crippen LogP contribution in [0.5, 0.6) is 0 Å². The van der Waals surface area contributed by atoms with Crippen molar-refractivity contribution < 1.29 is 9.53 Å². The number of nitrogens with one attached hydrogen (secondary N) is 1. The van der Waals surface area contributed by atoms with Crippen molar-refractivity contribution in [3.63, 3.8) is 0 Å². The highest BCUT2D eigenvalue weighted by atomic mass is 32.1. The van der Waals surface area contributed by atoms with Gasteiger partial charge in [0.25, 0.3) is 0 Å². The first kappa shape index (κ1) is 16.1. The molecule has 6 heteroatoms. The molecule has 3 N–H and O–H groups in total. The van der Waals surface area contributed by atoms with Crippen LogP contribution < -0.4 is 11.1 Å². The maximum atomic E-state index is 12.4. The lowest BCUT2D eigenvalue weighted by Gasteiger charge is -2.26. The average molecular weight is 331 g/mol. The molecule has 0 radical (unpaired) electrons. The van der Waals surface area contributed by atoms with Crippen molar-refractivity contribution >= 4 is 22.9 Å².